The van der Waals surface area contributed by atoms with Crippen molar-refractivity contribution in [1.29, 1.82) is 0 Å². The number of esters is 1. The molecule has 49 heavy (non-hydrogen) atoms. The van der Waals surface area contributed by atoms with Gasteiger partial charge >= 0.3 is 5.97 Å². The average molecular weight is 673 g/mol. The highest BCUT2D eigenvalue weighted by Gasteiger charge is 2.39. The Morgan fingerprint density at radius 2 is 1.67 bits per heavy atom. The molecule has 2 fully saturated rings. The van der Waals surface area contributed by atoms with Crippen LogP contribution in [0.25, 0.3) is 0 Å². The number of benzene rings is 3. The second-order valence-electron chi connectivity index (χ2n) is 13.7. The molecule has 11 heteroatoms. The summed E-state index contributed by atoms with van der Waals surface area (Å²) in [6.45, 7) is 6.90. The van der Waals surface area contributed by atoms with Gasteiger partial charge < -0.3 is 35.7 Å². The van der Waals surface area contributed by atoms with Gasteiger partial charge in [0, 0.05) is 37.1 Å². The minimum absolute atomic E-state index is 0.0459. The van der Waals surface area contributed by atoms with Crippen LogP contribution in [0.4, 0.5) is 17.1 Å². The molecule has 0 bridgehead atoms. The third-order valence-corrected chi connectivity index (χ3v) is 8.58. The Morgan fingerprint density at radius 1 is 0.939 bits per heavy atom. The van der Waals surface area contributed by atoms with E-state index in [9.17, 15) is 19.5 Å². The molecule has 262 valence electrons. The second-order valence-corrected chi connectivity index (χ2v) is 13.7. The maximum absolute atomic E-state index is 13.0. The van der Waals surface area contributed by atoms with E-state index in [4.69, 9.17) is 19.9 Å². The Morgan fingerprint density at radius 3 is 2.39 bits per heavy atom. The van der Waals surface area contributed by atoms with Crippen molar-refractivity contribution in [2.75, 3.05) is 29.5 Å². The lowest BCUT2D eigenvalue weighted by Crippen LogP contribution is -2.45. The second kappa shape index (κ2) is 16.4. The number of rotatable bonds is 12. The van der Waals surface area contributed by atoms with Crippen LogP contribution in [0.3, 0.4) is 0 Å². The number of hydrogen-bond donors (Lipinski definition) is 4. The first-order valence-electron chi connectivity index (χ1n) is 17.0. The fraction of sp³-hybridized carbons (Fsp3) is 0.447. The molecule has 2 heterocycles. The molecule has 0 radical (unpaired) electrons. The lowest BCUT2D eigenvalue weighted by atomic mass is 9.99. The zero-order chi connectivity index (χ0) is 35.0. The van der Waals surface area contributed by atoms with Gasteiger partial charge in [0.2, 0.25) is 11.8 Å². The average Bonchev–Trinajstić information content (AvgIpc) is 3.53. The van der Waals surface area contributed by atoms with Crippen molar-refractivity contribution in [3.05, 3.63) is 89.5 Å². The van der Waals surface area contributed by atoms with E-state index in [1.165, 1.54) is 0 Å². The van der Waals surface area contributed by atoms with E-state index in [1.54, 1.807) is 30.3 Å². The maximum Gasteiger partial charge on any atom is 0.323 e. The number of para-hydroxylation sites is 2. The molecule has 2 saturated heterocycles. The van der Waals surface area contributed by atoms with E-state index in [-0.39, 0.29) is 55.5 Å². The summed E-state index contributed by atoms with van der Waals surface area (Å²) in [5.74, 6) is -0.632. The Hall–Kier alpha value is -4.29. The molecule has 0 aliphatic carbocycles. The molecule has 2 aliphatic rings. The van der Waals surface area contributed by atoms with Crippen LogP contribution in [-0.2, 0) is 35.2 Å². The van der Waals surface area contributed by atoms with Gasteiger partial charge in [0.15, 0.2) is 6.29 Å². The van der Waals surface area contributed by atoms with Gasteiger partial charge in [-0.15, -0.1) is 0 Å². The van der Waals surface area contributed by atoms with E-state index >= 15 is 0 Å². The normalized spacial score (nSPS) is 21.2. The van der Waals surface area contributed by atoms with E-state index in [0.29, 0.717) is 36.4 Å². The van der Waals surface area contributed by atoms with Crippen LogP contribution in [0.15, 0.2) is 72.8 Å². The van der Waals surface area contributed by atoms with Gasteiger partial charge in [0.1, 0.15) is 11.6 Å². The van der Waals surface area contributed by atoms with Crippen molar-refractivity contribution >= 4 is 34.8 Å². The number of carbonyl (C=O) groups is 3. The van der Waals surface area contributed by atoms with Gasteiger partial charge in [0.25, 0.3) is 0 Å². The summed E-state index contributed by atoms with van der Waals surface area (Å²) in [6.07, 6.45) is 1.66. The van der Waals surface area contributed by atoms with E-state index in [2.05, 4.69) is 15.5 Å². The predicted octanol–water partition coefficient (Wildman–Crippen LogP) is 5.86. The topological polar surface area (TPSA) is 152 Å². The first kappa shape index (κ1) is 36.0. The van der Waals surface area contributed by atoms with Crippen LogP contribution in [0.2, 0.25) is 0 Å². The molecule has 4 atom stereocenters. The highest BCUT2D eigenvalue weighted by molar-refractivity contribution is 5.94. The maximum atomic E-state index is 13.0. The van der Waals surface area contributed by atoms with Crippen LogP contribution < -0.4 is 16.4 Å². The Labute approximate surface area is 288 Å². The van der Waals surface area contributed by atoms with Gasteiger partial charge in [-0.25, -0.2) is 0 Å². The van der Waals surface area contributed by atoms with Gasteiger partial charge in [-0.2, -0.15) is 0 Å². The molecule has 0 saturated carbocycles. The van der Waals surface area contributed by atoms with Crippen molar-refractivity contribution < 1.29 is 33.7 Å². The number of nitrogens with two attached hydrogens (primary N) is 1. The molecule has 0 unspecified atom stereocenters. The number of amides is 2. The monoisotopic (exact) mass is 672 g/mol. The van der Waals surface area contributed by atoms with E-state index in [0.717, 1.165) is 36.1 Å². The van der Waals surface area contributed by atoms with Gasteiger partial charge in [-0.05, 0) is 82.0 Å². The summed E-state index contributed by atoms with van der Waals surface area (Å²) in [7, 11) is 0. The molecule has 2 aliphatic heterocycles. The summed E-state index contributed by atoms with van der Waals surface area (Å²) in [5, 5.41) is 15.3. The van der Waals surface area contributed by atoms with Crippen molar-refractivity contribution in [3.63, 3.8) is 0 Å². The quantitative estimate of drug-likeness (QED) is 0.137. The molecule has 5 N–H and O–H groups in total. The number of ether oxygens (including phenoxy) is 3. The van der Waals surface area contributed by atoms with Crippen LogP contribution in [0.1, 0.15) is 88.4 Å². The summed E-state index contributed by atoms with van der Waals surface area (Å²) >= 11 is 0. The number of anilines is 3. The van der Waals surface area contributed by atoms with Crippen LogP contribution in [-0.4, -0.2) is 58.6 Å². The van der Waals surface area contributed by atoms with Gasteiger partial charge in [-0.1, -0.05) is 48.5 Å². The van der Waals surface area contributed by atoms with E-state index in [1.807, 2.05) is 63.2 Å². The molecular formula is C38H48N4O7. The number of aliphatic hydroxyl groups is 1. The number of nitrogens with zero attached hydrogens (tertiary/aromatic N) is 1. The molecule has 3 aromatic carbocycles. The standard InChI is InChI=1S/C38H48N4O7/c1-38(2,3)49-36(46)32-13-8-20-42(32)23-29-22-33(26-18-16-25(24-43)17-19-26)48-37(47-29)27-9-6-10-28(21-27)40-34(44)14-7-15-35(45)41-31-12-5-4-11-30(31)39/h4-6,9-12,16-19,21,29,32-33,37,43H,7-8,13-15,20,22-24,39H2,1-3H3,(H,40,44)(H,41,45)/t29-,32-,33+,37+/m0/s1. The number of likely N-dealkylation sites (tertiary alicyclic amines) is 1. The smallest absolute Gasteiger partial charge is 0.323 e. The lowest BCUT2D eigenvalue weighted by molar-refractivity contribution is -0.253. The van der Waals surface area contributed by atoms with Gasteiger partial charge in [0.05, 0.1) is 30.2 Å². The summed E-state index contributed by atoms with van der Waals surface area (Å²) in [4.78, 5) is 40.4. The predicted molar refractivity (Wildman–Crippen MR) is 187 cm³/mol. The van der Waals surface area contributed by atoms with E-state index < -0.39 is 11.9 Å². The number of nitrogen functional groups attached to an aromatic ring is 1. The summed E-state index contributed by atoms with van der Waals surface area (Å²) < 4.78 is 18.8. The Bertz CT molecular complexity index is 1590. The fourth-order valence-corrected chi connectivity index (χ4v) is 6.20. The SMILES string of the molecule is CC(C)(C)OC(=O)[C@@H]1CCCN1C[C@@H]1C[C@H](c2ccc(CO)cc2)O[C@H](c2cccc(NC(=O)CCCC(=O)Nc3ccccc3N)c2)O1. The number of aliphatic hydroxyl groups excluding tert-OH is 1. The van der Waals surface area contributed by atoms with Crippen LogP contribution in [0.5, 0.6) is 0 Å². The number of carbonyl (C=O) groups excluding carboxylic acids is 3. The third-order valence-electron chi connectivity index (χ3n) is 8.58. The number of hydrogen-bond acceptors (Lipinski definition) is 9. The molecular weight excluding hydrogens is 624 g/mol. The molecule has 0 spiro atoms. The van der Waals surface area contributed by atoms with Crippen molar-refractivity contribution in [1.82, 2.24) is 4.90 Å². The highest BCUT2D eigenvalue weighted by Crippen LogP contribution is 2.39. The molecule has 11 nitrogen and oxygen atoms in total. The summed E-state index contributed by atoms with van der Waals surface area (Å²) in [6, 6.07) is 21.8. The Kier molecular flexibility index (Phi) is 12.1. The minimum atomic E-state index is -0.727. The molecule has 2 amide bonds. The molecule has 5 rings (SSSR count). The van der Waals surface area contributed by atoms with Crippen molar-refractivity contribution in [3.8, 4) is 0 Å². The fourth-order valence-electron chi connectivity index (χ4n) is 6.20. The molecule has 0 aromatic heterocycles. The zero-order valence-electron chi connectivity index (χ0n) is 28.5. The molecule has 3 aromatic rings. The summed E-state index contributed by atoms with van der Waals surface area (Å²) in [5.41, 5.74) is 9.47. The van der Waals surface area contributed by atoms with Crippen LogP contribution in [0, 0.1) is 0 Å². The largest absolute Gasteiger partial charge is 0.459 e. The van der Waals surface area contributed by atoms with Gasteiger partial charge in [-0.3, -0.25) is 19.3 Å². The number of nitrogens with one attached hydrogen (secondary N) is 2. The first-order chi connectivity index (χ1) is 23.5. The first-order valence-corrected chi connectivity index (χ1v) is 17.0. The van der Waals surface area contributed by atoms with Crippen LogP contribution >= 0.6 is 0 Å². The third kappa shape index (κ3) is 10.4. The Balaban J connectivity index is 1.23. The van der Waals surface area contributed by atoms with Crippen molar-refractivity contribution in [2.45, 2.75) is 96.0 Å². The lowest BCUT2D eigenvalue weighted by Gasteiger charge is -2.38. The minimum Gasteiger partial charge on any atom is -0.459 e. The zero-order valence-corrected chi connectivity index (χ0v) is 28.5. The van der Waals surface area contributed by atoms with Crippen molar-refractivity contribution in [2.24, 2.45) is 0 Å². The highest BCUT2D eigenvalue weighted by atomic mass is 16.7.